The Kier molecular flexibility index (Phi) is 4.35. The van der Waals surface area contributed by atoms with Crippen molar-refractivity contribution in [2.45, 2.75) is 19.9 Å². The summed E-state index contributed by atoms with van der Waals surface area (Å²) >= 11 is 0. The van der Waals surface area contributed by atoms with Gasteiger partial charge in [0.25, 0.3) is 0 Å². The van der Waals surface area contributed by atoms with Gasteiger partial charge in [-0.05, 0) is 24.6 Å². The lowest BCUT2D eigenvalue weighted by Crippen LogP contribution is -2.16. The minimum atomic E-state index is 0.148. The molecule has 0 aliphatic rings. The number of hydrogen-bond donors (Lipinski definition) is 2. The first-order valence-corrected chi connectivity index (χ1v) is 6.05. The van der Waals surface area contributed by atoms with Gasteiger partial charge in [0.1, 0.15) is 0 Å². The van der Waals surface area contributed by atoms with Gasteiger partial charge < -0.3 is 19.7 Å². The Labute approximate surface area is 111 Å². The molecule has 0 bridgehead atoms. The van der Waals surface area contributed by atoms with Crippen LogP contribution in [0.5, 0.6) is 11.5 Å². The van der Waals surface area contributed by atoms with E-state index in [0.29, 0.717) is 30.4 Å². The number of nitrogens with zero attached hydrogens (tertiary/aromatic N) is 2. The third-order valence-corrected chi connectivity index (χ3v) is 2.66. The third kappa shape index (κ3) is 3.69. The van der Waals surface area contributed by atoms with E-state index in [-0.39, 0.29) is 5.75 Å². The molecule has 2 N–H and O–H groups in total. The minimum Gasteiger partial charge on any atom is -0.504 e. The average Bonchev–Trinajstić information content (AvgIpc) is 2.81. The maximum absolute atomic E-state index is 9.64. The van der Waals surface area contributed by atoms with Gasteiger partial charge in [-0.2, -0.15) is 4.98 Å². The zero-order valence-corrected chi connectivity index (χ0v) is 11.0. The highest BCUT2D eigenvalue weighted by molar-refractivity contribution is 5.41. The van der Waals surface area contributed by atoms with E-state index in [1.54, 1.807) is 19.1 Å². The van der Waals surface area contributed by atoms with Gasteiger partial charge in [-0.1, -0.05) is 11.2 Å². The molecule has 1 heterocycles. The van der Waals surface area contributed by atoms with Crippen molar-refractivity contribution in [1.29, 1.82) is 0 Å². The fraction of sp³-hybridized carbons (Fsp3) is 0.385. The number of ether oxygens (including phenoxy) is 1. The molecule has 0 fully saturated rings. The Bertz CT molecular complexity index is 540. The second-order valence-corrected chi connectivity index (χ2v) is 4.17. The first-order valence-electron chi connectivity index (χ1n) is 6.05. The SMILES string of the molecule is COc1ccc(CNCCc2nc(C)no2)cc1O. The fourth-order valence-electron chi connectivity index (χ4n) is 1.72. The van der Waals surface area contributed by atoms with Crippen LogP contribution in [0.4, 0.5) is 0 Å². The summed E-state index contributed by atoms with van der Waals surface area (Å²) in [6.45, 7) is 3.18. The van der Waals surface area contributed by atoms with Crippen molar-refractivity contribution in [1.82, 2.24) is 15.5 Å². The third-order valence-electron chi connectivity index (χ3n) is 2.66. The van der Waals surface area contributed by atoms with E-state index in [0.717, 1.165) is 12.1 Å². The van der Waals surface area contributed by atoms with Crippen molar-refractivity contribution < 1.29 is 14.4 Å². The standard InChI is InChI=1S/C13H17N3O3/c1-9-15-13(19-16-9)5-6-14-8-10-3-4-12(18-2)11(17)7-10/h3-4,7,14,17H,5-6,8H2,1-2H3. The van der Waals surface area contributed by atoms with Crippen molar-refractivity contribution >= 4 is 0 Å². The number of methoxy groups -OCH3 is 1. The number of phenolic OH excluding ortho intramolecular Hbond substituents is 1. The summed E-state index contributed by atoms with van der Waals surface area (Å²) in [6.07, 6.45) is 0.684. The summed E-state index contributed by atoms with van der Waals surface area (Å²) in [5.41, 5.74) is 0.986. The van der Waals surface area contributed by atoms with E-state index in [4.69, 9.17) is 9.26 Å². The zero-order chi connectivity index (χ0) is 13.7. The first kappa shape index (κ1) is 13.4. The normalized spacial score (nSPS) is 10.6. The monoisotopic (exact) mass is 263 g/mol. The Balaban J connectivity index is 1.78. The molecule has 19 heavy (non-hydrogen) atoms. The molecule has 6 nitrogen and oxygen atoms in total. The van der Waals surface area contributed by atoms with Gasteiger partial charge >= 0.3 is 0 Å². The van der Waals surface area contributed by atoms with Crippen LogP contribution in [0, 0.1) is 6.92 Å². The lowest BCUT2D eigenvalue weighted by atomic mass is 10.2. The quantitative estimate of drug-likeness (QED) is 0.767. The highest BCUT2D eigenvalue weighted by Gasteiger charge is 2.04. The number of nitrogens with one attached hydrogen (secondary N) is 1. The van der Waals surface area contributed by atoms with Crippen LogP contribution in [0.2, 0.25) is 0 Å². The second-order valence-electron chi connectivity index (χ2n) is 4.17. The van der Waals surface area contributed by atoms with E-state index >= 15 is 0 Å². The molecule has 102 valence electrons. The molecular formula is C13H17N3O3. The number of benzene rings is 1. The molecule has 2 rings (SSSR count). The van der Waals surface area contributed by atoms with Crippen LogP contribution >= 0.6 is 0 Å². The van der Waals surface area contributed by atoms with Crippen molar-refractivity contribution in [3.05, 3.63) is 35.5 Å². The van der Waals surface area contributed by atoms with Gasteiger partial charge in [-0.25, -0.2) is 0 Å². The van der Waals surface area contributed by atoms with Gasteiger partial charge in [0.15, 0.2) is 17.3 Å². The van der Waals surface area contributed by atoms with Gasteiger partial charge in [-0.15, -0.1) is 0 Å². The van der Waals surface area contributed by atoms with Crippen LogP contribution in [0.1, 0.15) is 17.3 Å². The molecular weight excluding hydrogens is 246 g/mol. The number of phenols is 1. The first-order chi connectivity index (χ1) is 9.19. The molecule has 2 aromatic rings. The van der Waals surface area contributed by atoms with Crippen LogP contribution < -0.4 is 10.1 Å². The van der Waals surface area contributed by atoms with Crippen LogP contribution in [0.3, 0.4) is 0 Å². The Morgan fingerprint density at radius 2 is 2.26 bits per heavy atom. The average molecular weight is 263 g/mol. The molecule has 0 spiro atoms. The number of hydrogen-bond acceptors (Lipinski definition) is 6. The Morgan fingerprint density at radius 3 is 2.89 bits per heavy atom. The zero-order valence-electron chi connectivity index (χ0n) is 11.0. The van der Waals surface area contributed by atoms with Crippen molar-refractivity contribution in [2.24, 2.45) is 0 Å². The topological polar surface area (TPSA) is 80.4 Å². The summed E-state index contributed by atoms with van der Waals surface area (Å²) in [5, 5.41) is 16.6. The number of rotatable bonds is 6. The van der Waals surface area contributed by atoms with Crippen molar-refractivity contribution in [3.8, 4) is 11.5 Å². The summed E-state index contributed by atoms with van der Waals surface area (Å²) in [4.78, 5) is 4.12. The predicted molar refractivity (Wildman–Crippen MR) is 69.1 cm³/mol. The molecule has 0 radical (unpaired) electrons. The van der Waals surface area contributed by atoms with Gasteiger partial charge in [-0.3, -0.25) is 0 Å². The van der Waals surface area contributed by atoms with E-state index in [2.05, 4.69) is 15.5 Å². The van der Waals surface area contributed by atoms with Gasteiger partial charge in [0, 0.05) is 19.5 Å². The molecule has 0 aliphatic heterocycles. The molecule has 1 aromatic heterocycles. The van der Waals surface area contributed by atoms with Crippen molar-refractivity contribution in [3.63, 3.8) is 0 Å². The summed E-state index contributed by atoms with van der Waals surface area (Å²) in [5.74, 6) is 1.90. The molecule has 0 saturated heterocycles. The summed E-state index contributed by atoms with van der Waals surface area (Å²) < 4.78 is 10.00. The molecule has 0 amide bonds. The molecule has 0 saturated carbocycles. The number of aromatic hydroxyl groups is 1. The lowest BCUT2D eigenvalue weighted by molar-refractivity contribution is 0.371. The number of aromatic nitrogens is 2. The van der Waals surface area contributed by atoms with Gasteiger partial charge in [0.2, 0.25) is 5.89 Å². The van der Waals surface area contributed by atoms with E-state index in [9.17, 15) is 5.11 Å². The fourth-order valence-corrected chi connectivity index (χ4v) is 1.72. The molecule has 1 aromatic carbocycles. The lowest BCUT2D eigenvalue weighted by Gasteiger charge is -2.07. The number of aryl methyl sites for hydroxylation is 1. The van der Waals surface area contributed by atoms with E-state index in [1.807, 2.05) is 6.07 Å². The molecule has 0 aliphatic carbocycles. The highest BCUT2D eigenvalue weighted by Crippen LogP contribution is 2.25. The highest BCUT2D eigenvalue weighted by atomic mass is 16.5. The Morgan fingerprint density at radius 1 is 1.42 bits per heavy atom. The van der Waals surface area contributed by atoms with Crippen LogP contribution in [0.15, 0.2) is 22.7 Å². The van der Waals surface area contributed by atoms with Crippen LogP contribution in [-0.4, -0.2) is 28.9 Å². The minimum absolute atomic E-state index is 0.148. The van der Waals surface area contributed by atoms with Gasteiger partial charge in [0.05, 0.1) is 7.11 Å². The van der Waals surface area contributed by atoms with Crippen molar-refractivity contribution in [2.75, 3.05) is 13.7 Å². The molecule has 0 atom stereocenters. The molecule has 0 unspecified atom stereocenters. The summed E-state index contributed by atoms with van der Waals surface area (Å²) in [6, 6.07) is 5.33. The Hall–Kier alpha value is -2.08. The van der Waals surface area contributed by atoms with Crippen LogP contribution in [-0.2, 0) is 13.0 Å². The smallest absolute Gasteiger partial charge is 0.227 e. The second kappa shape index (κ2) is 6.19. The van der Waals surface area contributed by atoms with E-state index in [1.165, 1.54) is 7.11 Å². The predicted octanol–water partition coefficient (Wildman–Crippen LogP) is 1.42. The molecule has 6 heteroatoms. The summed E-state index contributed by atoms with van der Waals surface area (Å²) in [7, 11) is 1.53. The van der Waals surface area contributed by atoms with E-state index < -0.39 is 0 Å². The largest absolute Gasteiger partial charge is 0.504 e. The van der Waals surface area contributed by atoms with Crippen LogP contribution in [0.25, 0.3) is 0 Å². The maximum atomic E-state index is 9.64. The maximum Gasteiger partial charge on any atom is 0.227 e.